The summed E-state index contributed by atoms with van der Waals surface area (Å²) in [6, 6.07) is 5.54. The summed E-state index contributed by atoms with van der Waals surface area (Å²) < 4.78 is 5.86. The topological polar surface area (TPSA) is 55.6 Å². The molecule has 2 bridgehead atoms. The first kappa shape index (κ1) is 19.2. The number of amides is 1. The van der Waals surface area contributed by atoms with Crippen molar-refractivity contribution >= 4 is 41.5 Å². The minimum Gasteiger partial charge on any atom is -0.370 e. The zero-order valence-corrected chi connectivity index (χ0v) is 16.2. The van der Waals surface area contributed by atoms with Gasteiger partial charge in [0.15, 0.2) is 0 Å². The van der Waals surface area contributed by atoms with Gasteiger partial charge in [-0.15, -0.1) is 12.4 Å². The van der Waals surface area contributed by atoms with Gasteiger partial charge in [0.25, 0.3) is 0 Å². The van der Waals surface area contributed by atoms with Crippen LogP contribution in [0, 0.1) is 17.8 Å². The van der Waals surface area contributed by atoms with Crippen LogP contribution in [0.2, 0.25) is 10.0 Å². The Balaban J connectivity index is 0.00000182. The molecule has 4 rings (SSSR count). The van der Waals surface area contributed by atoms with Crippen molar-refractivity contribution in [2.45, 2.75) is 31.4 Å². The first-order chi connectivity index (χ1) is 11.5. The van der Waals surface area contributed by atoms with Crippen molar-refractivity contribution in [2.75, 3.05) is 19.7 Å². The smallest absolute Gasteiger partial charge is 0.227 e. The van der Waals surface area contributed by atoms with Crippen molar-refractivity contribution in [3.8, 4) is 0 Å². The van der Waals surface area contributed by atoms with Crippen molar-refractivity contribution in [3.05, 3.63) is 33.8 Å². The minimum absolute atomic E-state index is 0. The number of carbonyl (C=O) groups excluding carboxylic acids is 1. The van der Waals surface area contributed by atoms with Crippen molar-refractivity contribution in [1.82, 2.24) is 4.90 Å². The molecule has 2 saturated carbocycles. The maximum atomic E-state index is 13.0. The molecule has 1 amide bonds. The second-order valence-electron chi connectivity index (χ2n) is 7.25. The zero-order chi connectivity index (χ0) is 16.8. The Kier molecular flexibility index (Phi) is 5.86. The number of ether oxygens (including phenoxy) is 1. The van der Waals surface area contributed by atoms with Crippen LogP contribution >= 0.6 is 35.6 Å². The fourth-order valence-electron chi connectivity index (χ4n) is 4.68. The van der Waals surface area contributed by atoms with E-state index in [-0.39, 0.29) is 36.4 Å². The van der Waals surface area contributed by atoms with Crippen molar-refractivity contribution in [2.24, 2.45) is 23.5 Å². The quantitative estimate of drug-likeness (QED) is 0.816. The Morgan fingerprint density at radius 3 is 2.64 bits per heavy atom. The average molecular weight is 406 g/mol. The third kappa shape index (κ3) is 3.52. The van der Waals surface area contributed by atoms with E-state index in [9.17, 15) is 4.79 Å². The molecule has 1 aromatic carbocycles. The molecule has 3 aliphatic rings. The lowest BCUT2D eigenvalue weighted by Gasteiger charge is -2.37. The summed E-state index contributed by atoms with van der Waals surface area (Å²) in [5, 5.41) is 1.04. The highest BCUT2D eigenvalue weighted by Crippen LogP contribution is 2.48. The molecule has 0 radical (unpaired) electrons. The number of hydrogen-bond acceptors (Lipinski definition) is 3. The molecule has 7 heteroatoms. The molecule has 2 aliphatic carbocycles. The summed E-state index contributed by atoms with van der Waals surface area (Å²) in [6.07, 6.45) is 3.30. The van der Waals surface area contributed by atoms with Crippen LogP contribution in [0.1, 0.15) is 30.9 Å². The number of benzene rings is 1. The van der Waals surface area contributed by atoms with Crippen LogP contribution in [0.25, 0.3) is 0 Å². The molecular formula is C18H23Cl3N2O2. The van der Waals surface area contributed by atoms with E-state index < -0.39 is 0 Å². The molecule has 5 unspecified atom stereocenters. The molecule has 138 valence electrons. The summed E-state index contributed by atoms with van der Waals surface area (Å²) in [4.78, 5) is 15.0. The monoisotopic (exact) mass is 404 g/mol. The van der Waals surface area contributed by atoms with Gasteiger partial charge < -0.3 is 15.4 Å². The van der Waals surface area contributed by atoms with Gasteiger partial charge in [0.1, 0.15) is 6.10 Å². The summed E-state index contributed by atoms with van der Waals surface area (Å²) in [6.45, 7) is 1.72. The van der Waals surface area contributed by atoms with Crippen molar-refractivity contribution < 1.29 is 9.53 Å². The third-order valence-electron chi connectivity index (χ3n) is 5.96. The van der Waals surface area contributed by atoms with Crippen LogP contribution in [0.3, 0.4) is 0 Å². The van der Waals surface area contributed by atoms with Crippen LogP contribution < -0.4 is 5.73 Å². The maximum Gasteiger partial charge on any atom is 0.227 e. The van der Waals surface area contributed by atoms with Gasteiger partial charge in [0.05, 0.1) is 29.1 Å². The minimum atomic E-state index is -0.160. The van der Waals surface area contributed by atoms with Crippen LogP contribution in [-0.2, 0) is 9.53 Å². The molecule has 4 nitrogen and oxygen atoms in total. The number of rotatable bonds is 2. The van der Waals surface area contributed by atoms with Crippen LogP contribution in [-0.4, -0.2) is 36.5 Å². The van der Waals surface area contributed by atoms with Gasteiger partial charge >= 0.3 is 0 Å². The third-order valence-corrected chi connectivity index (χ3v) is 6.70. The molecule has 5 atom stereocenters. The van der Waals surface area contributed by atoms with E-state index in [2.05, 4.69) is 0 Å². The summed E-state index contributed by atoms with van der Waals surface area (Å²) in [5.74, 6) is 1.22. The molecule has 25 heavy (non-hydrogen) atoms. The molecule has 1 heterocycles. The second-order valence-corrected chi connectivity index (χ2v) is 8.07. The predicted molar refractivity (Wildman–Crippen MR) is 101 cm³/mol. The predicted octanol–water partition coefficient (Wildman–Crippen LogP) is 3.69. The van der Waals surface area contributed by atoms with Crippen LogP contribution in [0.4, 0.5) is 0 Å². The molecule has 3 fully saturated rings. The number of carbonyl (C=O) groups is 1. The lowest BCUT2D eigenvalue weighted by atomic mass is 9.84. The van der Waals surface area contributed by atoms with Gasteiger partial charge in [0.2, 0.25) is 5.91 Å². The van der Waals surface area contributed by atoms with Gasteiger partial charge in [-0.05, 0) is 48.8 Å². The number of hydrogen-bond donors (Lipinski definition) is 1. The van der Waals surface area contributed by atoms with Gasteiger partial charge in [-0.25, -0.2) is 0 Å². The molecule has 0 spiro atoms. The van der Waals surface area contributed by atoms with E-state index in [0.29, 0.717) is 41.6 Å². The lowest BCUT2D eigenvalue weighted by Crippen LogP contribution is -2.50. The number of halogens is 3. The highest BCUT2D eigenvalue weighted by molar-refractivity contribution is 6.42. The number of nitrogens with two attached hydrogens (primary N) is 1. The Morgan fingerprint density at radius 1 is 1.20 bits per heavy atom. The van der Waals surface area contributed by atoms with Crippen LogP contribution in [0.15, 0.2) is 18.2 Å². The van der Waals surface area contributed by atoms with Crippen LogP contribution in [0.5, 0.6) is 0 Å². The molecule has 1 aliphatic heterocycles. The highest BCUT2D eigenvalue weighted by atomic mass is 35.5. The summed E-state index contributed by atoms with van der Waals surface area (Å²) in [5.41, 5.74) is 7.30. The zero-order valence-electron chi connectivity index (χ0n) is 13.9. The molecular weight excluding hydrogens is 383 g/mol. The Labute approximate surface area is 164 Å². The lowest BCUT2D eigenvalue weighted by molar-refractivity contribution is -0.145. The Morgan fingerprint density at radius 2 is 1.96 bits per heavy atom. The van der Waals surface area contributed by atoms with Gasteiger partial charge in [-0.2, -0.15) is 0 Å². The van der Waals surface area contributed by atoms with Crippen molar-refractivity contribution in [3.63, 3.8) is 0 Å². The highest BCUT2D eigenvalue weighted by Gasteiger charge is 2.50. The van der Waals surface area contributed by atoms with E-state index in [0.717, 1.165) is 18.4 Å². The molecule has 2 N–H and O–H groups in total. The van der Waals surface area contributed by atoms with Crippen molar-refractivity contribution in [1.29, 1.82) is 0 Å². The van der Waals surface area contributed by atoms with E-state index in [1.54, 1.807) is 6.07 Å². The summed E-state index contributed by atoms with van der Waals surface area (Å²) in [7, 11) is 0. The van der Waals surface area contributed by atoms with E-state index in [1.165, 1.54) is 6.42 Å². The van der Waals surface area contributed by atoms with Gasteiger partial charge in [0, 0.05) is 12.6 Å². The Bertz CT molecular complexity index is 655. The normalized spacial score (nSPS) is 34.0. The number of fused-ring (bicyclic) bond motifs is 2. The largest absolute Gasteiger partial charge is 0.370 e. The SMILES string of the molecule is Cl.NC1C2CCC(C2)C1C(=O)N1CCOC(c2ccc(Cl)c(Cl)c2)C1. The average Bonchev–Trinajstić information content (AvgIpc) is 3.18. The van der Waals surface area contributed by atoms with E-state index in [1.807, 2.05) is 17.0 Å². The Hall–Kier alpha value is -0.520. The number of morpholine rings is 1. The summed E-state index contributed by atoms with van der Waals surface area (Å²) >= 11 is 12.1. The fourth-order valence-corrected chi connectivity index (χ4v) is 4.98. The first-order valence-corrected chi connectivity index (χ1v) is 9.41. The van der Waals surface area contributed by atoms with Gasteiger partial charge in [-0.1, -0.05) is 29.3 Å². The molecule has 0 aromatic heterocycles. The van der Waals surface area contributed by atoms with E-state index in [4.69, 9.17) is 33.7 Å². The molecule has 1 saturated heterocycles. The first-order valence-electron chi connectivity index (χ1n) is 8.65. The standard InChI is InChI=1S/C18H22Cl2N2O2.ClH/c19-13-4-3-10(8-14(13)20)15-9-22(5-6-24-15)18(23)16-11-1-2-12(7-11)17(16)21;/h3-4,8,11-12,15-17H,1-2,5-7,9,21H2;1H. The maximum absolute atomic E-state index is 13.0. The second kappa shape index (κ2) is 7.61. The fraction of sp³-hybridized carbons (Fsp3) is 0.611. The van der Waals surface area contributed by atoms with E-state index >= 15 is 0 Å². The molecule has 1 aromatic rings. The van der Waals surface area contributed by atoms with Gasteiger partial charge in [-0.3, -0.25) is 4.79 Å². The number of nitrogens with zero attached hydrogens (tertiary/aromatic N) is 1.